The molecule has 0 bridgehead atoms. The molecule has 5 rings (SSSR count). The maximum absolute atomic E-state index is 5.47. The van der Waals surface area contributed by atoms with Crippen molar-refractivity contribution in [3.63, 3.8) is 0 Å². The monoisotopic (exact) mass is 447 g/mol. The molecule has 0 radical (unpaired) electrons. The van der Waals surface area contributed by atoms with Gasteiger partial charge in [-0.1, -0.05) is 0 Å². The molecule has 0 aliphatic carbocycles. The molecule has 3 heterocycles. The molecular formula is C25H29N5O3. The van der Waals surface area contributed by atoms with Crippen LogP contribution in [0.5, 0.6) is 11.5 Å². The summed E-state index contributed by atoms with van der Waals surface area (Å²) in [6.07, 6.45) is 6.10. The van der Waals surface area contributed by atoms with Gasteiger partial charge in [-0.15, -0.1) is 0 Å². The first-order valence-corrected chi connectivity index (χ1v) is 11.3. The molecule has 1 fully saturated rings. The second kappa shape index (κ2) is 9.62. The number of hydrogen-bond acceptors (Lipinski definition) is 8. The Labute approximate surface area is 193 Å². The molecule has 2 aliphatic rings. The highest BCUT2D eigenvalue weighted by atomic mass is 16.5. The molecule has 2 aliphatic heterocycles. The Morgan fingerprint density at radius 3 is 2.55 bits per heavy atom. The minimum Gasteiger partial charge on any atom is -0.497 e. The average Bonchev–Trinajstić information content (AvgIpc) is 3.32. The van der Waals surface area contributed by atoms with E-state index in [9.17, 15) is 0 Å². The molecule has 0 saturated carbocycles. The number of methoxy groups -OCH3 is 2. The van der Waals surface area contributed by atoms with Gasteiger partial charge in [-0.25, -0.2) is 4.98 Å². The van der Waals surface area contributed by atoms with Gasteiger partial charge in [0.15, 0.2) is 0 Å². The van der Waals surface area contributed by atoms with Gasteiger partial charge in [0, 0.05) is 68.3 Å². The third kappa shape index (κ3) is 5.01. The maximum Gasteiger partial charge on any atom is 0.124 e. The van der Waals surface area contributed by atoms with Gasteiger partial charge in [-0.2, -0.15) is 5.10 Å². The number of ether oxygens (including phenoxy) is 3. The maximum atomic E-state index is 5.47. The summed E-state index contributed by atoms with van der Waals surface area (Å²) in [5.74, 6) is 2.26. The van der Waals surface area contributed by atoms with Crippen LogP contribution >= 0.6 is 0 Å². The van der Waals surface area contributed by atoms with Gasteiger partial charge in [0.25, 0.3) is 0 Å². The molecule has 1 saturated heterocycles. The van der Waals surface area contributed by atoms with Gasteiger partial charge in [0.1, 0.15) is 11.5 Å². The normalized spacial score (nSPS) is 18.6. The molecule has 172 valence electrons. The first-order chi connectivity index (χ1) is 16.2. The van der Waals surface area contributed by atoms with E-state index in [1.165, 1.54) is 0 Å². The summed E-state index contributed by atoms with van der Waals surface area (Å²) in [5.41, 5.74) is 4.46. The highest BCUT2D eigenvalue weighted by Crippen LogP contribution is 2.29. The lowest BCUT2D eigenvalue weighted by atomic mass is 10.00. The van der Waals surface area contributed by atoms with Crippen molar-refractivity contribution in [3.05, 3.63) is 48.3 Å². The molecule has 1 aromatic heterocycles. The van der Waals surface area contributed by atoms with E-state index in [0.717, 1.165) is 78.7 Å². The van der Waals surface area contributed by atoms with Gasteiger partial charge in [0.2, 0.25) is 0 Å². The van der Waals surface area contributed by atoms with Crippen LogP contribution in [0.25, 0.3) is 11.0 Å². The number of hydrogen-bond donors (Lipinski definition) is 1. The third-order valence-corrected chi connectivity index (χ3v) is 6.21. The Morgan fingerprint density at radius 2 is 1.79 bits per heavy atom. The van der Waals surface area contributed by atoms with E-state index in [2.05, 4.69) is 20.4 Å². The highest BCUT2D eigenvalue weighted by molar-refractivity contribution is 5.81. The van der Waals surface area contributed by atoms with E-state index < -0.39 is 0 Å². The number of nitrogens with zero attached hydrogens (tertiary/aromatic N) is 4. The first-order valence-electron chi connectivity index (χ1n) is 11.3. The van der Waals surface area contributed by atoms with E-state index in [1.54, 1.807) is 14.2 Å². The van der Waals surface area contributed by atoms with Crippen LogP contribution in [0, 0.1) is 5.92 Å². The van der Waals surface area contributed by atoms with Crippen LogP contribution in [0.15, 0.2) is 47.7 Å². The Morgan fingerprint density at radius 1 is 1.00 bits per heavy atom. The van der Waals surface area contributed by atoms with Crippen molar-refractivity contribution in [2.75, 3.05) is 45.8 Å². The Hall–Kier alpha value is -3.39. The van der Waals surface area contributed by atoms with E-state index in [1.807, 2.05) is 48.8 Å². The van der Waals surface area contributed by atoms with Crippen LogP contribution in [0.2, 0.25) is 0 Å². The van der Waals surface area contributed by atoms with Crippen molar-refractivity contribution in [2.24, 2.45) is 11.0 Å². The van der Waals surface area contributed by atoms with Gasteiger partial charge >= 0.3 is 0 Å². The smallest absolute Gasteiger partial charge is 0.124 e. The Bertz CT molecular complexity index is 1120. The summed E-state index contributed by atoms with van der Waals surface area (Å²) in [4.78, 5) is 9.56. The molecule has 1 unspecified atom stereocenters. The lowest BCUT2D eigenvalue weighted by Crippen LogP contribution is -2.29. The molecule has 1 N–H and O–H groups in total. The molecule has 8 nitrogen and oxygen atoms in total. The predicted octanol–water partition coefficient (Wildman–Crippen LogP) is 4.20. The summed E-state index contributed by atoms with van der Waals surface area (Å²) >= 11 is 0. The topological polar surface area (TPSA) is 81.1 Å². The van der Waals surface area contributed by atoms with Gasteiger partial charge in [0.05, 0.1) is 36.9 Å². The van der Waals surface area contributed by atoms with E-state index in [0.29, 0.717) is 5.92 Å². The molecule has 0 spiro atoms. The summed E-state index contributed by atoms with van der Waals surface area (Å²) in [7, 11) is 3.28. The van der Waals surface area contributed by atoms with E-state index >= 15 is 0 Å². The van der Waals surface area contributed by atoms with Crippen molar-refractivity contribution in [3.8, 4) is 11.5 Å². The van der Waals surface area contributed by atoms with Crippen LogP contribution in [-0.4, -0.2) is 61.7 Å². The molecule has 8 heteroatoms. The molecule has 1 atom stereocenters. The zero-order valence-corrected chi connectivity index (χ0v) is 19.0. The van der Waals surface area contributed by atoms with Crippen LogP contribution in [-0.2, 0) is 4.74 Å². The number of fused-ring (bicyclic) bond motifs is 1. The number of benzene rings is 2. The molecule has 0 amide bonds. The standard InChI is InChI=1S/C25H29N5O3/c1-31-21-9-20(10-22(12-21)32-2)28-19-3-4-23-24(11-19)29-25(14-26-23)18-13-27-30(16-18)15-17-5-7-33-8-6-17/h3-4,9-14,17-18,28H,5-8,15-16H2,1-2H3. The fraction of sp³-hybridized carbons (Fsp3) is 0.400. The lowest BCUT2D eigenvalue weighted by molar-refractivity contribution is 0.0540. The second-order valence-corrected chi connectivity index (χ2v) is 8.52. The Kier molecular flexibility index (Phi) is 6.26. The average molecular weight is 448 g/mol. The van der Waals surface area contributed by atoms with Gasteiger partial charge < -0.3 is 19.5 Å². The van der Waals surface area contributed by atoms with Gasteiger partial charge in [-0.05, 0) is 37.0 Å². The highest BCUT2D eigenvalue weighted by Gasteiger charge is 2.24. The summed E-state index contributed by atoms with van der Waals surface area (Å²) in [5, 5.41) is 10.2. The van der Waals surface area contributed by atoms with Crippen LogP contribution in [0.3, 0.4) is 0 Å². The molecule has 3 aromatic rings. The number of nitrogens with one attached hydrogen (secondary N) is 1. The van der Waals surface area contributed by atoms with Gasteiger partial charge in [-0.3, -0.25) is 9.99 Å². The molecule has 2 aromatic carbocycles. The summed E-state index contributed by atoms with van der Waals surface area (Å²) < 4.78 is 16.2. The zero-order chi connectivity index (χ0) is 22.6. The minimum atomic E-state index is 0.154. The third-order valence-electron chi connectivity index (χ3n) is 6.21. The fourth-order valence-corrected chi connectivity index (χ4v) is 4.34. The number of aromatic nitrogens is 2. The first kappa shape index (κ1) is 21.5. The van der Waals surface area contributed by atoms with E-state index in [-0.39, 0.29) is 5.92 Å². The minimum absolute atomic E-state index is 0.154. The Balaban J connectivity index is 1.31. The number of anilines is 2. The number of rotatable bonds is 7. The largest absolute Gasteiger partial charge is 0.497 e. The van der Waals surface area contributed by atoms with Crippen LogP contribution in [0.4, 0.5) is 11.4 Å². The fourth-order valence-electron chi connectivity index (χ4n) is 4.34. The van der Waals surface area contributed by atoms with Crippen molar-refractivity contribution < 1.29 is 14.2 Å². The van der Waals surface area contributed by atoms with Crippen LogP contribution < -0.4 is 14.8 Å². The van der Waals surface area contributed by atoms with Crippen molar-refractivity contribution in [2.45, 2.75) is 18.8 Å². The predicted molar refractivity (Wildman–Crippen MR) is 129 cm³/mol. The zero-order valence-electron chi connectivity index (χ0n) is 19.0. The molecular weight excluding hydrogens is 418 g/mol. The lowest BCUT2D eigenvalue weighted by Gasteiger charge is -2.26. The number of hydrazone groups is 1. The SMILES string of the molecule is COc1cc(Nc2ccc3ncc(C4C=NN(CC5CCOCC5)C4)nc3c2)cc(OC)c1. The summed E-state index contributed by atoms with van der Waals surface area (Å²) in [6, 6.07) is 11.7. The van der Waals surface area contributed by atoms with E-state index in [4.69, 9.17) is 19.2 Å². The second-order valence-electron chi connectivity index (χ2n) is 8.52. The van der Waals surface area contributed by atoms with Crippen molar-refractivity contribution >= 4 is 28.6 Å². The summed E-state index contributed by atoms with van der Waals surface area (Å²) in [6.45, 7) is 3.55. The quantitative estimate of drug-likeness (QED) is 0.581. The van der Waals surface area contributed by atoms with Crippen LogP contribution in [0.1, 0.15) is 24.5 Å². The van der Waals surface area contributed by atoms with Crippen molar-refractivity contribution in [1.29, 1.82) is 0 Å². The van der Waals surface area contributed by atoms with Crippen molar-refractivity contribution in [1.82, 2.24) is 15.0 Å². The molecule has 33 heavy (non-hydrogen) atoms.